The molecule has 0 radical (unpaired) electrons. The number of nitrogens with one attached hydrogen (secondary N) is 1. The minimum atomic E-state index is -0.581. The maximum atomic E-state index is 13.7. The van der Waals surface area contributed by atoms with E-state index in [1.807, 2.05) is 24.3 Å². The van der Waals surface area contributed by atoms with Gasteiger partial charge in [0.15, 0.2) is 0 Å². The zero-order valence-electron chi connectivity index (χ0n) is 18.1. The predicted octanol–water partition coefficient (Wildman–Crippen LogP) is 3.37. The number of amides is 1. The third kappa shape index (κ3) is 4.81. The van der Waals surface area contributed by atoms with Crippen molar-refractivity contribution in [3.63, 3.8) is 0 Å². The van der Waals surface area contributed by atoms with Crippen LogP contribution in [0.1, 0.15) is 35.6 Å². The van der Waals surface area contributed by atoms with Gasteiger partial charge in [0, 0.05) is 32.8 Å². The summed E-state index contributed by atoms with van der Waals surface area (Å²) in [6.45, 7) is 6.59. The molecule has 0 spiro atoms. The first kappa shape index (κ1) is 21.9. The summed E-state index contributed by atoms with van der Waals surface area (Å²) in [5.41, 5.74) is 2.63. The van der Waals surface area contributed by atoms with Crippen LogP contribution < -0.4 is 5.32 Å². The average Bonchev–Trinajstić information content (AvgIpc) is 2.81. The molecule has 1 atom stereocenters. The van der Waals surface area contributed by atoms with E-state index in [4.69, 9.17) is 9.47 Å². The minimum absolute atomic E-state index is 0.0257. The van der Waals surface area contributed by atoms with Gasteiger partial charge in [-0.15, -0.1) is 0 Å². The van der Waals surface area contributed by atoms with E-state index in [1.54, 1.807) is 0 Å². The van der Waals surface area contributed by atoms with E-state index in [0.717, 1.165) is 29.8 Å². The lowest BCUT2D eigenvalue weighted by atomic mass is 9.71. The number of nitrogens with zero attached hydrogens (tertiary/aromatic N) is 1. The summed E-state index contributed by atoms with van der Waals surface area (Å²) in [6, 6.07) is 14.7. The van der Waals surface area contributed by atoms with E-state index in [1.165, 1.54) is 12.1 Å². The van der Waals surface area contributed by atoms with Gasteiger partial charge < -0.3 is 14.8 Å². The van der Waals surface area contributed by atoms with Crippen molar-refractivity contribution < 1.29 is 18.7 Å². The Balaban J connectivity index is 1.56. The molecule has 1 unspecified atom stereocenters. The normalized spacial score (nSPS) is 20.2. The van der Waals surface area contributed by atoms with Crippen LogP contribution in [0.4, 0.5) is 4.39 Å². The van der Waals surface area contributed by atoms with Crippen molar-refractivity contribution >= 4 is 5.91 Å². The Bertz CT molecular complexity index is 875. The molecule has 0 aliphatic carbocycles. The third-order valence-corrected chi connectivity index (χ3v) is 6.64. The monoisotopic (exact) mass is 426 g/mol. The van der Waals surface area contributed by atoms with Gasteiger partial charge in [-0.2, -0.15) is 0 Å². The summed E-state index contributed by atoms with van der Waals surface area (Å²) in [5, 5.41) is 3.26. The van der Waals surface area contributed by atoms with E-state index in [0.29, 0.717) is 45.8 Å². The van der Waals surface area contributed by atoms with Crippen molar-refractivity contribution in [2.75, 3.05) is 46.1 Å². The van der Waals surface area contributed by atoms with Crippen molar-refractivity contribution in [3.05, 3.63) is 71.0 Å². The molecular weight excluding hydrogens is 395 g/mol. The van der Waals surface area contributed by atoms with Crippen LogP contribution in [0, 0.1) is 12.7 Å². The maximum Gasteiger partial charge on any atom is 0.230 e. The highest BCUT2D eigenvalue weighted by atomic mass is 19.1. The summed E-state index contributed by atoms with van der Waals surface area (Å²) >= 11 is 0. The Kier molecular flexibility index (Phi) is 7.00. The summed E-state index contributed by atoms with van der Waals surface area (Å²) in [5.74, 6) is -0.209. The van der Waals surface area contributed by atoms with Gasteiger partial charge in [-0.1, -0.05) is 36.4 Å². The largest absolute Gasteiger partial charge is 0.381 e. The first-order chi connectivity index (χ1) is 15.1. The topological polar surface area (TPSA) is 50.8 Å². The highest BCUT2D eigenvalue weighted by Crippen LogP contribution is 2.37. The Morgan fingerprint density at radius 2 is 1.68 bits per heavy atom. The maximum absolute atomic E-state index is 13.7. The van der Waals surface area contributed by atoms with Crippen molar-refractivity contribution in [3.8, 4) is 0 Å². The molecule has 6 heteroatoms. The minimum Gasteiger partial charge on any atom is -0.381 e. The van der Waals surface area contributed by atoms with Gasteiger partial charge in [-0.3, -0.25) is 9.69 Å². The fourth-order valence-corrected chi connectivity index (χ4v) is 4.84. The van der Waals surface area contributed by atoms with Crippen LogP contribution in [0.25, 0.3) is 0 Å². The molecule has 166 valence electrons. The number of hydrogen-bond acceptors (Lipinski definition) is 4. The molecule has 5 nitrogen and oxygen atoms in total. The van der Waals surface area contributed by atoms with Crippen molar-refractivity contribution in [2.45, 2.75) is 31.2 Å². The molecule has 2 fully saturated rings. The second-order valence-electron chi connectivity index (χ2n) is 8.44. The van der Waals surface area contributed by atoms with Crippen LogP contribution in [0.2, 0.25) is 0 Å². The predicted molar refractivity (Wildman–Crippen MR) is 117 cm³/mol. The van der Waals surface area contributed by atoms with E-state index in [2.05, 4.69) is 29.3 Å². The number of carbonyl (C=O) groups is 1. The summed E-state index contributed by atoms with van der Waals surface area (Å²) in [7, 11) is 0. The van der Waals surface area contributed by atoms with E-state index in [9.17, 15) is 9.18 Å². The smallest absolute Gasteiger partial charge is 0.230 e. The standard InChI is InChI=1S/C25H31FN2O3/c1-19-4-2-3-5-22(19)25(10-14-30-15-11-25)24(29)27-18-23(28-12-16-31-17-13-28)20-6-8-21(26)9-7-20/h2-9,23H,10-18H2,1H3,(H,27,29). The van der Waals surface area contributed by atoms with E-state index in [-0.39, 0.29) is 17.8 Å². The fourth-order valence-electron chi connectivity index (χ4n) is 4.84. The number of ether oxygens (including phenoxy) is 2. The number of hydrogen-bond donors (Lipinski definition) is 1. The zero-order chi connectivity index (χ0) is 21.7. The van der Waals surface area contributed by atoms with Gasteiger partial charge >= 0.3 is 0 Å². The average molecular weight is 427 g/mol. The lowest BCUT2D eigenvalue weighted by molar-refractivity contribution is -0.130. The molecule has 2 aliphatic rings. The van der Waals surface area contributed by atoms with Crippen LogP contribution >= 0.6 is 0 Å². The first-order valence-electron chi connectivity index (χ1n) is 11.1. The Labute approximate surface area is 183 Å². The molecule has 0 saturated carbocycles. The first-order valence-corrected chi connectivity index (χ1v) is 11.1. The van der Waals surface area contributed by atoms with Crippen LogP contribution in [0.5, 0.6) is 0 Å². The van der Waals surface area contributed by atoms with Crippen molar-refractivity contribution in [1.29, 1.82) is 0 Å². The zero-order valence-corrected chi connectivity index (χ0v) is 18.1. The van der Waals surface area contributed by atoms with Crippen LogP contribution in [-0.2, 0) is 19.7 Å². The molecule has 2 heterocycles. The van der Waals surface area contributed by atoms with Gasteiger partial charge in [-0.25, -0.2) is 4.39 Å². The molecule has 2 aromatic rings. The number of benzene rings is 2. The summed E-state index contributed by atoms with van der Waals surface area (Å²) < 4.78 is 24.6. The number of rotatable bonds is 6. The van der Waals surface area contributed by atoms with Gasteiger partial charge in [0.1, 0.15) is 5.82 Å². The van der Waals surface area contributed by atoms with Gasteiger partial charge in [-0.05, 0) is 48.6 Å². The highest BCUT2D eigenvalue weighted by molar-refractivity contribution is 5.88. The lowest BCUT2D eigenvalue weighted by Crippen LogP contribution is -2.51. The molecule has 0 bridgehead atoms. The second-order valence-corrected chi connectivity index (χ2v) is 8.44. The fraction of sp³-hybridized carbons (Fsp3) is 0.480. The van der Waals surface area contributed by atoms with E-state index >= 15 is 0 Å². The van der Waals surface area contributed by atoms with Crippen LogP contribution in [0.3, 0.4) is 0 Å². The van der Waals surface area contributed by atoms with Gasteiger partial charge in [0.05, 0.1) is 24.7 Å². The number of halogens is 1. The molecule has 31 heavy (non-hydrogen) atoms. The van der Waals surface area contributed by atoms with Crippen LogP contribution in [-0.4, -0.2) is 56.9 Å². The molecule has 4 rings (SSSR count). The SMILES string of the molecule is Cc1ccccc1C1(C(=O)NCC(c2ccc(F)cc2)N2CCOCC2)CCOCC1. The molecule has 1 N–H and O–H groups in total. The van der Waals surface area contributed by atoms with Crippen molar-refractivity contribution in [1.82, 2.24) is 10.2 Å². The Morgan fingerprint density at radius 1 is 1.03 bits per heavy atom. The molecular formula is C25H31FN2O3. The molecule has 1 amide bonds. The van der Waals surface area contributed by atoms with Gasteiger partial charge in [0.25, 0.3) is 0 Å². The Morgan fingerprint density at radius 3 is 2.35 bits per heavy atom. The number of morpholine rings is 1. The summed E-state index contributed by atoms with van der Waals surface area (Å²) in [6.07, 6.45) is 1.34. The van der Waals surface area contributed by atoms with Crippen LogP contribution in [0.15, 0.2) is 48.5 Å². The summed E-state index contributed by atoms with van der Waals surface area (Å²) in [4.78, 5) is 16.0. The highest BCUT2D eigenvalue weighted by Gasteiger charge is 2.42. The van der Waals surface area contributed by atoms with E-state index < -0.39 is 5.41 Å². The number of carbonyl (C=O) groups excluding carboxylic acids is 1. The molecule has 0 aromatic heterocycles. The Hall–Kier alpha value is -2.28. The lowest BCUT2D eigenvalue weighted by Gasteiger charge is -2.39. The quantitative estimate of drug-likeness (QED) is 0.770. The number of aryl methyl sites for hydroxylation is 1. The second kappa shape index (κ2) is 9.90. The molecule has 2 aromatic carbocycles. The van der Waals surface area contributed by atoms with Crippen molar-refractivity contribution in [2.24, 2.45) is 0 Å². The van der Waals surface area contributed by atoms with Gasteiger partial charge in [0.2, 0.25) is 5.91 Å². The molecule has 2 aliphatic heterocycles. The molecule has 2 saturated heterocycles. The third-order valence-electron chi connectivity index (χ3n) is 6.64.